The van der Waals surface area contributed by atoms with Gasteiger partial charge in [-0.15, -0.1) is 0 Å². The monoisotopic (exact) mass is 473 g/mol. The second-order valence-electron chi connectivity index (χ2n) is 5.97. The van der Waals surface area contributed by atoms with Crippen LogP contribution in [-0.4, -0.2) is 50.8 Å². The summed E-state index contributed by atoms with van der Waals surface area (Å²) in [6.45, 7) is -1.21. The second kappa shape index (κ2) is 17.0. The average Bonchev–Trinajstić information content (AvgIpc) is 2.77. The van der Waals surface area contributed by atoms with Crippen molar-refractivity contribution in [3.63, 3.8) is 0 Å². The Balaban J connectivity index is 0.000000585. The largest absolute Gasteiger partial charge is 0.394 e. The minimum Gasteiger partial charge on any atom is -0.394 e. The number of benzene rings is 2. The van der Waals surface area contributed by atoms with E-state index in [0.29, 0.717) is 0 Å². The topological polar surface area (TPSA) is 104 Å². The zero-order chi connectivity index (χ0) is 22.8. The maximum atomic E-state index is 11.6. The van der Waals surface area contributed by atoms with Crippen molar-refractivity contribution >= 4 is 52.7 Å². The van der Waals surface area contributed by atoms with Crippen LogP contribution in [0.4, 0.5) is 0 Å². The number of ketones is 1. The lowest BCUT2D eigenvalue weighted by Crippen LogP contribution is -2.50. The van der Waals surface area contributed by atoms with Crippen LogP contribution in [0.1, 0.15) is 11.1 Å². The standard InChI is InChI=1S/C17H14O.C4H11NO3.CHCl3/c18-17(13-11-15-7-3-1-4-8-15)14-12-16-9-5-2-6-10-16;5-4(1-6,2-7)3-8;2-1(3)4/h1-14H;6-8H,1-3,5H2;1H/b13-11-,14-12+;;. The first-order valence-electron chi connectivity index (χ1n) is 8.80. The summed E-state index contributed by atoms with van der Waals surface area (Å²) in [5.74, 6) is -0.0114. The van der Waals surface area contributed by atoms with Crippen LogP contribution in [0.2, 0.25) is 0 Å². The number of alkyl halides is 3. The molecule has 0 heterocycles. The van der Waals surface area contributed by atoms with Crippen LogP contribution in [0.15, 0.2) is 72.8 Å². The molecular weight excluding hydrogens is 449 g/mol. The van der Waals surface area contributed by atoms with Gasteiger partial charge >= 0.3 is 0 Å². The van der Waals surface area contributed by atoms with Crippen LogP contribution in [0.5, 0.6) is 0 Å². The summed E-state index contributed by atoms with van der Waals surface area (Å²) >= 11 is 14.4. The Morgan fingerprint density at radius 3 is 1.33 bits per heavy atom. The van der Waals surface area contributed by atoms with E-state index in [1.54, 1.807) is 12.2 Å². The molecule has 0 aliphatic heterocycles. The summed E-state index contributed by atoms with van der Waals surface area (Å²) < 4.78 is -0.750. The molecule has 2 rings (SSSR count). The molecular formula is C22H26Cl3NO4. The first-order chi connectivity index (χ1) is 14.3. The summed E-state index contributed by atoms with van der Waals surface area (Å²) in [6, 6.07) is 19.6. The lowest BCUT2D eigenvalue weighted by molar-refractivity contribution is -0.110. The van der Waals surface area contributed by atoms with E-state index >= 15 is 0 Å². The first-order valence-corrected chi connectivity index (χ1v) is 10.1. The summed E-state index contributed by atoms with van der Waals surface area (Å²) in [6.07, 6.45) is 6.79. The third-order valence-corrected chi connectivity index (χ3v) is 3.42. The predicted octanol–water partition coefficient (Wildman–Crippen LogP) is 3.63. The number of hydrogen-bond donors (Lipinski definition) is 4. The fourth-order valence-electron chi connectivity index (χ4n) is 1.69. The molecule has 0 saturated carbocycles. The van der Waals surface area contributed by atoms with Gasteiger partial charge < -0.3 is 21.1 Å². The van der Waals surface area contributed by atoms with Gasteiger partial charge in [-0.1, -0.05) is 108 Å². The molecule has 8 heteroatoms. The minimum atomic E-state index is -1.21. The highest BCUT2D eigenvalue weighted by Gasteiger charge is 2.20. The molecule has 0 saturated heterocycles. The van der Waals surface area contributed by atoms with E-state index in [9.17, 15) is 4.79 Å². The minimum absolute atomic E-state index is 0.0114. The summed E-state index contributed by atoms with van der Waals surface area (Å²) in [4.78, 5) is 11.6. The fraction of sp³-hybridized carbons (Fsp3) is 0.227. The molecule has 0 bridgehead atoms. The average molecular weight is 475 g/mol. The number of carbonyl (C=O) groups excluding carboxylic acids is 1. The van der Waals surface area contributed by atoms with Gasteiger partial charge in [0.15, 0.2) is 10.1 Å². The Hall–Kier alpha value is -1.70. The van der Waals surface area contributed by atoms with E-state index in [2.05, 4.69) is 0 Å². The molecule has 30 heavy (non-hydrogen) atoms. The number of hydrogen-bond acceptors (Lipinski definition) is 5. The predicted molar refractivity (Wildman–Crippen MR) is 125 cm³/mol. The van der Waals surface area contributed by atoms with E-state index in [1.807, 2.05) is 72.8 Å². The van der Waals surface area contributed by atoms with Gasteiger partial charge in [-0.25, -0.2) is 0 Å². The van der Waals surface area contributed by atoms with Crippen molar-refractivity contribution in [3.8, 4) is 0 Å². The Labute approximate surface area is 192 Å². The van der Waals surface area contributed by atoms with Gasteiger partial charge in [-0.2, -0.15) is 0 Å². The number of rotatable bonds is 7. The zero-order valence-electron chi connectivity index (χ0n) is 16.2. The summed E-state index contributed by atoms with van der Waals surface area (Å²) in [7, 11) is 0. The van der Waals surface area contributed by atoms with Crippen molar-refractivity contribution in [2.45, 2.75) is 9.83 Å². The molecule has 0 aromatic heterocycles. The van der Waals surface area contributed by atoms with Crippen LogP contribution in [-0.2, 0) is 4.79 Å². The quantitative estimate of drug-likeness (QED) is 0.362. The Kier molecular flexibility index (Phi) is 16.1. The summed E-state index contributed by atoms with van der Waals surface area (Å²) in [5.41, 5.74) is 5.99. The van der Waals surface area contributed by atoms with E-state index in [4.69, 9.17) is 55.9 Å². The number of halogens is 3. The number of allylic oxidation sites excluding steroid dienone is 2. The third-order valence-electron chi connectivity index (χ3n) is 3.42. The molecule has 0 atom stereocenters. The lowest BCUT2D eigenvalue weighted by atomic mass is 10.1. The molecule has 0 aliphatic carbocycles. The Morgan fingerprint density at radius 2 is 1.10 bits per heavy atom. The van der Waals surface area contributed by atoms with Gasteiger partial charge in [0.1, 0.15) is 0 Å². The highest BCUT2D eigenvalue weighted by molar-refractivity contribution is 6.63. The molecule has 2 aromatic rings. The van der Waals surface area contributed by atoms with E-state index in [1.165, 1.54) is 0 Å². The van der Waals surface area contributed by atoms with Crippen LogP contribution in [0, 0.1) is 0 Å². The Morgan fingerprint density at radius 1 is 0.800 bits per heavy atom. The van der Waals surface area contributed by atoms with E-state index in [-0.39, 0.29) is 5.78 Å². The van der Waals surface area contributed by atoms with Crippen LogP contribution >= 0.6 is 34.8 Å². The van der Waals surface area contributed by atoms with Crippen LogP contribution in [0.3, 0.4) is 0 Å². The molecule has 5 N–H and O–H groups in total. The maximum Gasteiger partial charge on any atom is 0.180 e. The molecule has 5 nitrogen and oxygen atoms in total. The van der Waals surface area contributed by atoms with E-state index in [0.717, 1.165) is 11.1 Å². The fourth-order valence-corrected chi connectivity index (χ4v) is 1.69. The van der Waals surface area contributed by atoms with Gasteiger partial charge in [0.25, 0.3) is 0 Å². The second-order valence-corrected chi connectivity index (χ2v) is 7.95. The van der Waals surface area contributed by atoms with Gasteiger partial charge in [0.2, 0.25) is 0 Å². The number of aliphatic hydroxyl groups excluding tert-OH is 3. The Bertz CT molecular complexity index is 687. The van der Waals surface area contributed by atoms with Crippen molar-refractivity contribution < 1.29 is 20.1 Å². The molecule has 0 radical (unpaired) electrons. The molecule has 0 aliphatic rings. The normalized spacial score (nSPS) is 11.1. The molecule has 164 valence electrons. The molecule has 2 aromatic carbocycles. The van der Waals surface area contributed by atoms with Gasteiger partial charge in [-0.3, -0.25) is 4.79 Å². The van der Waals surface area contributed by atoms with Gasteiger partial charge in [0.05, 0.1) is 25.4 Å². The van der Waals surface area contributed by atoms with Crippen LogP contribution in [0.25, 0.3) is 12.2 Å². The summed E-state index contributed by atoms with van der Waals surface area (Å²) in [5, 5.41) is 25.0. The molecule has 0 fully saturated rings. The molecule has 0 unspecified atom stereocenters. The number of nitrogens with two attached hydrogens (primary N) is 1. The van der Waals surface area contributed by atoms with Crippen molar-refractivity contribution in [1.29, 1.82) is 0 Å². The van der Waals surface area contributed by atoms with Crippen molar-refractivity contribution in [2.75, 3.05) is 19.8 Å². The molecule has 0 amide bonds. The van der Waals surface area contributed by atoms with Crippen LogP contribution < -0.4 is 5.73 Å². The van der Waals surface area contributed by atoms with Gasteiger partial charge in [-0.05, 0) is 23.3 Å². The third kappa shape index (κ3) is 15.2. The van der Waals surface area contributed by atoms with Crippen molar-refractivity contribution in [1.82, 2.24) is 0 Å². The van der Waals surface area contributed by atoms with Crippen molar-refractivity contribution in [2.24, 2.45) is 5.73 Å². The lowest BCUT2D eigenvalue weighted by Gasteiger charge is -2.20. The smallest absolute Gasteiger partial charge is 0.180 e. The van der Waals surface area contributed by atoms with E-state index < -0.39 is 29.7 Å². The van der Waals surface area contributed by atoms with Crippen molar-refractivity contribution in [3.05, 3.63) is 83.9 Å². The highest BCUT2D eigenvalue weighted by Crippen LogP contribution is 2.04. The first kappa shape index (κ1) is 28.3. The SMILES string of the molecule is ClC(Cl)Cl.NC(CO)(CO)CO.O=C(/C=C\c1ccccc1)/C=C/c1ccccc1. The maximum absolute atomic E-state index is 11.6. The highest BCUT2D eigenvalue weighted by atomic mass is 35.6. The van der Waals surface area contributed by atoms with Gasteiger partial charge in [0, 0.05) is 0 Å². The molecule has 0 spiro atoms. The zero-order valence-corrected chi connectivity index (χ0v) is 18.5. The number of carbonyl (C=O) groups is 1. The number of aliphatic hydroxyl groups is 3.